The van der Waals surface area contributed by atoms with Crippen LogP contribution in [0.25, 0.3) is 0 Å². The Hall–Kier alpha value is -1.69. The number of carbonyl (C=O) groups is 1. The molecule has 1 aliphatic heterocycles. The summed E-state index contributed by atoms with van der Waals surface area (Å²) in [6.45, 7) is 2.52. The maximum absolute atomic E-state index is 12.0. The van der Waals surface area contributed by atoms with Gasteiger partial charge in [0.15, 0.2) is 0 Å². The van der Waals surface area contributed by atoms with Crippen molar-refractivity contribution >= 4 is 5.91 Å². The van der Waals surface area contributed by atoms with Crippen LogP contribution in [0.15, 0.2) is 16.9 Å². The average molecular weight is 237 g/mol. The van der Waals surface area contributed by atoms with Crippen LogP contribution in [0.2, 0.25) is 0 Å². The van der Waals surface area contributed by atoms with E-state index in [2.05, 4.69) is 5.10 Å². The highest BCUT2D eigenvalue weighted by atomic mass is 16.3. The average Bonchev–Trinajstić information content (AvgIpc) is 2.62. The predicted octanol–water partition coefficient (Wildman–Crippen LogP) is -0.623. The zero-order valence-corrected chi connectivity index (χ0v) is 9.88. The van der Waals surface area contributed by atoms with Crippen LogP contribution in [-0.2, 0) is 7.05 Å². The summed E-state index contributed by atoms with van der Waals surface area (Å²) < 4.78 is 1.13. The fourth-order valence-corrected chi connectivity index (χ4v) is 1.90. The smallest absolute Gasteiger partial charge is 0.274 e. The molecule has 1 aliphatic rings. The molecule has 0 aliphatic carbocycles. The molecule has 0 spiro atoms. The Balaban J connectivity index is 2.21. The first-order valence-corrected chi connectivity index (χ1v) is 5.45. The normalized spacial score (nSPS) is 24.1. The van der Waals surface area contributed by atoms with E-state index in [4.69, 9.17) is 0 Å². The molecule has 1 aromatic heterocycles. The Morgan fingerprint density at radius 2 is 2.24 bits per heavy atom. The Bertz CT molecular complexity index is 507. The fraction of sp³-hybridized carbons (Fsp3) is 0.545. The van der Waals surface area contributed by atoms with Crippen molar-refractivity contribution in [2.75, 3.05) is 13.1 Å². The Morgan fingerprint density at radius 3 is 2.76 bits per heavy atom. The summed E-state index contributed by atoms with van der Waals surface area (Å²) in [6.07, 6.45) is 0.560. The number of hydrogen-bond acceptors (Lipinski definition) is 4. The quantitative estimate of drug-likeness (QED) is 0.706. The second-order valence-corrected chi connectivity index (χ2v) is 4.65. The third-order valence-corrected chi connectivity index (χ3v) is 2.92. The molecule has 1 fully saturated rings. The van der Waals surface area contributed by atoms with E-state index in [0.717, 1.165) is 4.68 Å². The summed E-state index contributed by atoms with van der Waals surface area (Å²) in [5, 5.41) is 13.7. The minimum absolute atomic E-state index is 0.227. The Kier molecular flexibility index (Phi) is 2.74. The van der Waals surface area contributed by atoms with E-state index in [9.17, 15) is 14.7 Å². The van der Waals surface area contributed by atoms with E-state index >= 15 is 0 Å². The van der Waals surface area contributed by atoms with Gasteiger partial charge in [0.2, 0.25) is 0 Å². The monoisotopic (exact) mass is 237 g/mol. The van der Waals surface area contributed by atoms with Gasteiger partial charge in [-0.05, 0) is 19.4 Å². The fourth-order valence-electron chi connectivity index (χ4n) is 1.90. The molecule has 1 atom stereocenters. The molecule has 0 aromatic carbocycles. The number of aromatic nitrogens is 2. The van der Waals surface area contributed by atoms with E-state index in [-0.39, 0.29) is 17.2 Å². The summed E-state index contributed by atoms with van der Waals surface area (Å²) >= 11 is 0. The van der Waals surface area contributed by atoms with E-state index in [1.807, 2.05) is 0 Å². The number of aryl methyl sites for hydroxylation is 1. The van der Waals surface area contributed by atoms with Crippen LogP contribution in [0.5, 0.6) is 0 Å². The number of likely N-dealkylation sites (tertiary alicyclic amines) is 1. The number of nitrogens with zero attached hydrogens (tertiary/aromatic N) is 3. The van der Waals surface area contributed by atoms with Crippen molar-refractivity contribution in [2.45, 2.75) is 18.9 Å². The molecule has 17 heavy (non-hydrogen) atoms. The lowest BCUT2D eigenvalue weighted by atomic mass is 10.1. The van der Waals surface area contributed by atoms with Crippen molar-refractivity contribution in [3.05, 3.63) is 28.2 Å². The van der Waals surface area contributed by atoms with Crippen molar-refractivity contribution in [1.82, 2.24) is 14.7 Å². The van der Waals surface area contributed by atoms with Crippen molar-refractivity contribution in [3.8, 4) is 0 Å². The van der Waals surface area contributed by atoms with Gasteiger partial charge in [0.1, 0.15) is 5.69 Å². The highest BCUT2D eigenvalue weighted by Gasteiger charge is 2.34. The zero-order valence-electron chi connectivity index (χ0n) is 9.88. The van der Waals surface area contributed by atoms with Crippen LogP contribution >= 0.6 is 0 Å². The van der Waals surface area contributed by atoms with Crippen LogP contribution in [-0.4, -0.2) is 44.4 Å². The van der Waals surface area contributed by atoms with Crippen LogP contribution in [0.1, 0.15) is 23.8 Å². The second kappa shape index (κ2) is 3.96. The molecule has 1 N–H and O–H groups in total. The highest BCUT2D eigenvalue weighted by Crippen LogP contribution is 2.21. The highest BCUT2D eigenvalue weighted by molar-refractivity contribution is 5.92. The molecule has 1 amide bonds. The number of carbonyl (C=O) groups excluding carboxylic acids is 1. The predicted molar refractivity (Wildman–Crippen MR) is 60.6 cm³/mol. The minimum Gasteiger partial charge on any atom is -0.388 e. The lowest BCUT2D eigenvalue weighted by Gasteiger charge is -2.18. The molecular weight excluding hydrogens is 222 g/mol. The largest absolute Gasteiger partial charge is 0.388 e. The van der Waals surface area contributed by atoms with Crippen molar-refractivity contribution in [2.24, 2.45) is 7.05 Å². The standard InChI is InChI=1S/C11H15N3O3/c1-11(17)5-6-14(7-11)10(16)8-3-4-9(15)13(2)12-8/h3-4,17H,5-7H2,1-2H3. The van der Waals surface area contributed by atoms with Crippen molar-refractivity contribution in [3.63, 3.8) is 0 Å². The van der Waals surface area contributed by atoms with Gasteiger partial charge in [0.25, 0.3) is 11.5 Å². The van der Waals surface area contributed by atoms with Gasteiger partial charge in [-0.15, -0.1) is 0 Å². The molecule has 92 valence electrons. The number of hydrogen-bond donors (Lipinski definition) is 1. The molecule has 6 heteroatoms. The third kappa shape index (κ3) is 2.36. The molecule has 2 rings (SSSR count). The number of aliphatic hydroxyl groups is 1. The van der Waals surface area contributed by atoms with Gasteiger partial charge in [-0.1, -0.05) is 0 Å². The van der Waals surface area contributed by atoms with Crippen LogP contribution < -0.4 is 5.56 Å². The van der Waals surface area contributed by atoms with E-state index in [1.54, 1.807) is 11.8 Å². The van der Waals surface area contributed by atoms with Crippen molar-refractivity contribution < 1.29 is 9.90 Å². The van der Waals surface area contributed by atoms with E-state index in [1.165, 1.54) is 19.2 Å². The van der Waals surface area contributed by atoms with Crippen LogP contribution in [0, 0.1) is 0 Å². The maximum Gasteiger partial charge on any atom is 0.274 e. The lowest BCUT2D eigenvalue weighted by Crippen LogP contribution is -2.35. The Labute approximate surface area is 98.5 Å². The van der Waals surface area contributed by atoms with Gasteiger partial charge < -0.3 is 10.0 Å². The summed E-state index contributed by atoms with van der Waals surface area (Å²) in [4.78, 5) is 24.7. The molecule has 0 bridgehead atoms. The summed E-state index contributed by atoms with van der Waals surface area (Å²) in [6, 6.07) is 2.73. The first-order chi connectivity index (χ1) is 7.89. The molecule has 2 heterocycles. The Morgan fingerprint density at radius 1 is 1.53 bits per heavy atom. The van der Waals surface area contributed by atoms with Crippen LogP contribution in [0.4, 0.5) is 0 Å². The van der Waals surface area contributed by atoms with Gasteiger partial charge >= 0.3 is 0 Å². The van der Waals surface area contributed by atoms with Crippen LogP contribution in [0.3, 0.4) is 0 Å². The lowest BCUT2D eigenvalue weighted by molar-refractivity contribution is 0.0567. The number of rotatable bonds is 1. The second-order valence-electron chi connectivity index (χ2n) is 4.65. The third-order valence-electron chi connectivity index (χ3n) is 2.92. The minimum atomic E-state index is -0.823. The molecule has 0 radical (unpaired) electrons. The molecule has 1 saturated heterocycles. The first-order valence-electron chi connectivity index (χ1n) is 5.45. The zero-order chi connectivity index (χ0) is 12.6. The van der Waals surface area contributed by atoms with Gasteiger partial charge in [-0.25, -0.2) is 4.68 Å². The summed E-state index contributed by atoms with van der Waals surface area (Å²) in [5.41, 5.74) is -0.851. The molecule has 1 unspecified atom stereocenters. The van der Waals surface area contributed by atoms with E-state index in [0.29, 0.717) is 19.5 Å². The van der Waals surface area contributed by atoms with Gasteiger partial charge in [0, 0.05) is 26.2 Å². The van der Waals surface area contributed by atoms with Gasteiger partial charge in [-0.2, -0.15) is 5.10 Å². The number of β-amino-alcohol motifs (C(OH)–C–C–N with tert-alkyl or cyclic N) is 1. The van der Waals surface area contributed by atoms with Gasteiger partial charge in [-0.3, -0.25) is 9.59 Å². The SMILES string of the molecule is Cn1nc(C(=O)N2CCC(C)(O)C2)ccc1=O. The molecule has 0 saturated carbocycles. The topological polar surface area (TPSA) is 75.4 Å². The molecular formula is C11H15N3O3. The molecule has 1 aromatic rings. The molecule has 6 nitrogen and oxygen atoms in total. The summed E-state index contributed by atoms with van der Waals surface area (Å²) in [5.74, 6) is -0.252. The first kappa shape index (κ1) is 11.8. The summed E-state index contributed by atoms with van der Waals surface area (Å²) in [7, 11) is 1.50. The number of amides is 1. The van der Waals surface area contributed by atoms with E-state index < -0.39 is 5.60 Å². The van der Waals surface area contributed by atoms with Crippen molar-refractivity contribution in [1.29, 1.82) is 0 Å². The van der Waals surface area contributed by atoms with Gasteiger partial charge in [0.05, 0.1) is 5.60 Å². The maximum atomic E-state index is 12.0.